The van der Waals surface area contributed by atoms with Crippen molar-refractivity contribution in [3.63, 3.8) is 0 Å². The minimum absolute atomic E-state index is 0.177. The number of nitrogens with zero attached hydrogens (tertiary/aromatic N) is 2. The summed E-state index contributed by atoms with van der Waals surface area (Å²) in [5, 5.41) is 4.09. The van der Waals surface area contributed by atoms with Gasteiger partial charge in [-0.15, -0.1) is 0 Å². The summed E-state index contributed by atoms with van der Waals surface area (Å²) in [6.07, 6.45) is 8.69. The van der Waals surface area contributed by atoms with E-state index in [1.54, 1.807) is 16.4 Å². The zero-order valence-corrected chi connectivity index (χ0v) is 17.7. The van der Waals surface area contributed by atoms with Crippen LogP contribution in [-0.2, 0) is 16.4 Å². The van der Waals surface area contributed by atoms with Crippen LogP contribution in [0.4, 0.5) is 0 Å². The van der Waals surface area contributed by atoms with E-state index in [2.05, 4.69) is 5.16 Å². The number of aromatic nitrogens is 1. The summed E-state index contributed by atoms with van der Waals surface area (Å²) in [4.78, 5) is 0.395. The maximum absolute atomic E-state index is 13.4. The minimum atomic E-state index is -3.54. The normalized spacial score (nSPS) is 22.0. The van der Waals surface area contributed by atoms with Gasteiger partial charge in [0.15, 0.2) is 0 Å². The first-order chi connectivity index (χ1) is 13.5. The standard InChI is InChI=1S/C22H30N2O3S/c1-3-21-22(16(2)23-27-21)20-10-7-15-24(20)28(25,26)19-13-11-18(12-14-19)17-8-5-4-6-9-17/h11-14,17,20H,3-10,15H2,1-2H3/t20-/m1/s1. The van der Waals surface area contributed by atoms with Crippen molar-refractivity contribution >= 4 is 10.0 Å². The van der Waals surface area contributed by atoms with E-state index in [0.717, 1.165) is 36.3 Å². The van der Waals surface area contributed by atoms with E-state index < -0.39 is 10.0 Å². The molecule has 1 aromatic carbocycles. The first-order valence-corrected chi connectivity index (χ1v) is 12.0. The van der Waals surface area contributed by atoms with E-state index >= 15 is 0 Å². The van der Waals surface area contributed by atoms with Gasteiger partial charge in [0.2, 0.25) is 10.0 Å². The Morgan fingerprint density at radius 2 is 1.79 bits per heavy atom. The highest BCUT2D eigenvalue weighted by Crippen LogP contribution is 2.40. The van der Waals surface area contributed by atoms with Crippen LogP contribution < -0.4 is 0 Å². The highest BCUT2D eigenvalue weighted by atomic mass is 32.2. The Hall–Kier alpha value is -1.66. The maximum Gasteiger partial charge on any atom is 0.243 e. The Labute approximate surface area is 168 Å². The molecule has 152 valence electrons. The number of rotatable bonds is 5. The summed E-state index contributed by atoms with van der Waals surface area (Å²) >= 11 is 0. The average Bonchev–Trinajstić information content (AvgIpc) is 3.35. The molecule has 2 aromatic rings. The van der Waals surface area contributed by atoms with Crippen LogP contribution in [-0.4, -0.2) is 24.4 Å². The Bertz CT molecular complexity index is 912. The lowest BCUT2D eigenvalue weighted by Crippen LogP contribution is -2.31. The van der Waals surface area contributed by atoms with Gasteiger partial charge in [-0.3, -0.25) is 0 Å². The highest BCUT2D eigenvalue weighted by molar-refractivity contribution is 7.89. The molecule has 5 nitrogen and oxygen atoms in total. The summed E-state index contributed by atoms with van der Waals surface area (Å²) in [7, 11) is -3.54. The van der Waals surface area contributed by atoms with Crippen LogP contribution >= 0.6 is 0 Å². The zero-order valence-electron chi connectivity index (χ0n) is 16.9. The summed E-state index contributed by atoms with van der Waals surface area (Å²) in [5.41, 5.74) is 3.04. The summed E-state index contributed by atoms with van der Waals surface area (Å²) in [5.74, 6) is 1.38. The van der Waals surface area contributed by atoms with E-state index in [4.69, 9.17) is 4.52 Å². The van der Waals surface area contributed by atoms with Crippen LogP contribution in [0.25, 0.3) is 0 Å². The molecule has 6 heteroatoms. The molecular formula is C22H30N2O3S. The second kappa shape index (κ2) is 7.99. The zero-order chi connectivity index (χ0) is 19.7. The fourth-order valence-electron chi connectivity index (χ4n) is 4.91. The molecule has 1 aliphatic heterocycles. The van der Waals surface area contributed by atoms with Gasteiger partial charge in [0.25, 0.3) is 0 Å². The van der Waals surface area contributed by atoms with Crippen LogP contribution in [0.3, 0.4) is 0 Å². The smallest absolute Gasteiger partial charge is 0.243 e. The van der Waals surface area contributed by atoms with Gasteiger partial charge in [-0.1, -0.05) is 43.5 Å². The minimum Gasteiger partial charge on any atom is -0.361 e. The number of sulfonamides is 1. The fraction of sp³-hybridized carbons (Fsp3) is 0.591. The molecule has 1 aliphatic carbocycles. The molecule has 0 unspecified atom stereocenters. The van der Waals surface area contributed by atoms with Gasteiger partial charge in [-0.25, -0.2) is 8.42 Å². The number of hydrogen-bond acceptors (Lipinski definition) is 4. The van der Waals surface area contributed by atoms with E-state index in [9.17, 15) is 8.42 Å². The largest absolute Gasteiger partial charge is 0.361 e. The van der Waals surface area contributed by atoms with Crippen LogP contribution in [0.5, 0.6) is 0 Å². The molecular weight excluding hydrogens is 372 g/mol. The summed E-state index contributed by atoms with van der Waals surface area (Å²) in [6, 6.07) is 7.47. The van der Waals surface area contributed by atoms with Gasteiger partial charge < -0.3 is 4.52 Å². The monoisotopic (exact) mass is 402 g/mol. The summed E-state index contributed by atoms with van der Waals surface area (Å²) < 4.78 is 33.9. The predicted octanol–water partition coefficient (Wildman–Crippen LogP) is 5.12. The number of benzene rings is 1. The quantitative estimate of drug-likeness (QED) is 0.696. The van der Waals surface area contributed by atoms with Crippen molar-refractivity contribution in [3.8, 4) is 0 Å². The van der Waals surface area contributed by atoms with E-state index in [0.29, 0.717) is 17.4 Å². The van der Waals surface area contributed by atoms with Crippen LogP contribution in [0.2, 0.25) is 0 Å². The molecule has 0 amide bonds. The first-order valence-electron chi connectivity index (χ1n) is 10.6. The van der Waals surface area contributed by atoms with Crippen molar-refractivity contribution in [2.75, 3.05) is 6.54 Å². The van der Waals surface area contributed by atoms with Crippen molar-refractivity contribution in [2.45, 2.75) is 82.1 Å². The van der Waals surface area contributed by atoms with Crippen molar-refractivity contribution in [1.29, 1.82) is 0 Å². The molecule has 0 radical (unpaired) electrons. The number of hydrogen-bond donors (Lipinski definition) is 0. The fourth-order valence-corrected chi connectivity index (χ4v) is 6.57. The van der Waals surface area contributed by atoms with Gasteiger partial charge in [0.05, 0.1) is 16.6 Å². The molecule has 2 fully saturated rings. The molecule has 2 aliphatic rings. The Morgan fingerprint density at radius 1 is 1.07 bits per heavy atom. The Kier molecular flexibility index (Phi) is 5.61. The van der Waals surface area contributed by atoms with E-state index in [1.807, 2.05) is 26.0 Å². The van der Waals surface area contributed by atoms with Crippen molar-refractivity contribution < 1.29 is 12.9 Å². The second-order valence-corrected chi connectivity index (χ2v) is 10.0. The van der Waals surface area contributed by atoms with Crippen molar-refractivity contribution in [2.24, 2.45) is 0 Å². The van der Waals surface area contributed by atoms with Crippen molar-refractivity contribution in [3.05, 3.63) is 46.8 Å². The molecule has 1 aromatic heterocycles. The summed E-state index contributed by atoms with van der Waals surface area (Å²) in [6.45, 7) is 4.46. The molecule has 1 saturated heterocycles. The molecule has 0 spiro atoms. The molecule has 0 bridgehead atoms. The molecule has 28 heavy (non-hydrogen) atoms. The molecule has 0 N–H and O–H groups in total. The third kappa shape index (κ3) is 3.52. The van der Waals surface area contributed by atoms with Crippen molar-refractivity contribution in [1.82, 2.24) is 9.46 Å². The van der Waals surface area contributed by atoms with Crippen LogP contribution in [0, 0.1) is 6.92 Å². The molecule has 2 heterocycles. The molecule has 1 saturated carbocycles. The lowest BCUT2D eigenvalue weighted by atomic mass is 9.84. The first kappa shape index (κ1) is 19.6. The molecule has 1 atom stereocenters. The average molecular weight is 403 g/mol. The topological polar surface area (TPSA) is 63.4 Å². The Morgan fingerprint density at radius 3 is 2.46 bits per heavy atom. The van der Waals surface area contributed by atoms with Gasteiger partial charge in [-0.05, 0) is 56.2 Å². The lowest BCUT2D eigenvalue weighted by molar-refractivity contribution is 0.368. The van der Waals surface area contributed by atoms with Gasteiger partial charge in [0.1, 0.15) is 5.76 Å². The van der Waals surface area contributed by atoms with Crippen LogP contribution in [0.15, 0.2) is 33.7 Å². The SMILES string of the molecule is CCc1onc(C)c1[C@H]1CCCN1S(=O)(=O)c1ccc(C2CCCCC2)cc1. The highest BCUT2D eigenvalue weighted by Gasteiger charge is 2.39. The maximum atomic E-state index is 13.4. The predicted molar refractivity (Wildman–Crippen MR) is 109 cm³/mol. The molecule has 4 rings (SSSR count). The van der Waals surface area contributed by atoms with Crippen LogP contribution in [0.1, 0.15) is 86.4 Å². The lowest BCUT2D eigenvalue weighted by Gasteiger charge is -2.25. The van der Waals surface area contributed by atoms with Gasteiger partial charge in [-0.2, -0.15) is 4.31 Å². The Balaban J connectivity index is 1.61. The number of aryl methyl sites for hydroxylation is 2. The third-order valence-corrected chi connectivity index (χ3v) is 8.33. The van der Waals surface area contributed by atoms with E-state index in [-0.39, 0.29) is 6.04 Å². The van der Waals surface area contributed by atoms with Gasteiger partial charge in [0, 0.05) is 18.5 Å². The van der Waals surface area contributed by atoms with E-state index in [1.165, 1.54) is 37.7 Å². The third-order valence-electron chi connectivity index (χ3n) is 6.40. The second-order valence-electron chi connectivity index (χ2n) is 8.14. The van der Waals surface area contributed by atoms with Gasteiger partial charge >= 0.3 is 0 Å².